The van der Waals surface area contributed by atoms with Gasteiger partial charge in [-0.2, -0.15) is 0 Å². The summed E-state index contributed by atoms with van der Waals surface area (Å²) in [6.07, 6.45) is 7.83. The Morgan fingerprint density at radius 3 is 2.11 bits per heavy atom. The van der Waals surface area contributed by atoms with Crippen molar-refractivity contribution >= 4 is 11.6 Å². The number of unbranched alkanes of at least 4 members (excludes halogenated alkanes) is 3. The Bertz CT molecular complexity index is 195. The first-order valence-electron chi connectivity index (χ1n) is 8.11. The van der Waals surface area contributed by atoms with Gasteiger partial charge in [-0.1, -0.05) is 46.5 Å². The number of hydrogen-bond acceptors (Lipinski definition) is 2. The predicted molar refractivity (Wildman–Crippen MR) is 86.0 cm³/mol. The van der Waals surface area contributed by atoms with Crippen LogP contribution in [0.3, 0.4) is 0 Å². The molecule has 3 heteroatoms. The van der Waals surface area contributed by atoms with E-state index in [1.165, 1.54) is 25.7 Å². The molecule has 0 spiro atoms. The molecule has 0 bridgehead atoms. The van der Waals surface area contributed by atoms with Crippen molar-refractivity contribution in [1.29, 1.82) is 0 Å². The Balaban J connectivity index is 4.14. The third kappa shape index (κ3) is 9.70. The van der Waals surface area contributed by atoms with Crippen LogP contribution in [-0.4, -0.2) is 40.6 Å². The quantitative estimate of drug-likeness (QED) is 0.424. The molecule has 0 fully saturated rings. The maximum atomic E-state index is 9.65. The fraction of sp³-hybridized carbons (Fsp3) is 1.00. The van der Waals surface area contributed by atoms with E-state index in [1.807, 2.05) is 6.92 Å². The Hall–Kier alpha value is 0.210. The van der Waals surface area contributed by atoms with Crippen LogP contribution in [0.2, 0.25) is 0 Å². The van der Waals surface area contributed by atoms with Crippen LogP contribution in [0.5, 0.6) is 0 Å². The van der Waals surface area contributed by atoms with E-state index in [-0.39, 0.29) is 11.5 Å². The Morgan fingerprint density at radius 2 is 1.63 bits per heavy atom. The monoisotopic (exact) mass is 291 g/mol. The van der Waals surface area contributed by atoms with Gasteiger partial charge < -0.3 is 10.0 Å². The summed E-state index contributed by atoms with van der Waals surface area (Å²) in [5.74, 6) is 0. The van der Waals surface area contributed by atoms with E-state index in [9.17, 15) is 5.11 Å². The highest BCUT2D eigenvalue weighted by molar-refractivity contribution is 6.20. The molecular weight excluding hydrogens is 258 g/mol. The van der Waals surface area contributed by atoms with Crippen LogP contribution in [0.1, 0.15) is 72.6 Å². The molecule has 0 aliphatic rings. The molecule has 1 N–H and O–H groups in total. The van der Waals surface area contributed by atoms with Crippen molar-refractivity contribution < 1.29 is 5.11 Å². The molecule has 116 valence electrons. The number of hydrogen-bond donors (Lipinski definition) is 1. The fourth-order valence-electron chi connectivity index (χ4n) is 2.73. The average Bonchev–Trinajstić information content (AvgIpc) is 2.35. The maximum Gasteiger partial charge on any atom is 0.0527 e. The molecule has 0 amide bonds. The minimum absolute atomic E-state index is 0.241. The van der Waals surface area contributed by atoms with Crippen LogP contribution in [0, 0.1) is 0 Å². The molecule has 0 rings (SSSR count). The van der Waals surface area contributed by atoms with Gasteiger partial charge in [-0.05, 0) is 39.3 Å². The maximum absolute atomic E-state index is 9.65. The highest BCUT2D eigenvalue weighted by Gasteiger charge is 2.21. The van der Waals surface area contributed by atoms with Gasteiger partial charge in [-0.25, -0.2) is 0 Å². The van der Waals surface area contributed by atoms with Crippen molar-refractivity contribution in [2.75, 3.05) is 13.1 Å². The number of nitrogens with zero attached hydrogens (tertiary/aromatic N) is 1. The standard InChI is InChI=1S/C16H34ClNO/c1-5-8-9-10-11-15(17)13-16(12-14(4)19)18(6-2)7-3/h14-16,19H,5-13H2,1-4H3. The minimum atomic E-state index is -0.241. The van der Waals surface area contributed by atoms with Gasteiger partial charge in [0.05, 0.1) is 6.10 Å². The van der Waals surface area contributed by atoms with Crippen LogP contribution < -0.4 is 0 Å². The first kappa shape index (κ1) is 19.2. The highest BCUT2D eigenvalue weighted by Crippen LogP contribution is 2.21. The molecule has 2 nitrogen and oxygen atoms in total. The van der Waals surface area contributed by atoms with Gasteiger partial charge in [0.25, 0.3) is 0 Å². The van der Waals surface area contributed by atoms with Gasteiger partial charge in [0.15, 0.2) is 0 Å². The van der Waals surface area contributed by atoms with Crippen LogP contribution in [0.25, 0.3) is 0 Å². The Kier molecular flexibility index (Phi) is 12.1. The molecular formula is C16H34ClNO. The van der Waals surface area contributed by atoms with E-state index in [0.717, 1.165) is 32.4 Å². The van der Waals surface area contributed by atoms with Gasteiger partial charge in [-0.15, -0.1) is 11.6 Å². The molecule has 3 unspecified atom stereocenters. The second-order valence-electron chi connectivity index (χ2n) is 5.64. The number of aliphatic hydroxyl groups excluding tert-OH is 1. The molecule has 0 aromatic heterocycles. The summed E-state index contributed by atoms with van der Waals surface area (Å²) in [7, 11) is 0. The van der Waals surface area contributed by atoms with E-state index < -0.39 is 0 Å². The molecule has 0 radical (unpaired) electrons. The minimum Gasteiger partial charge on any atom is -0.393 e. The van der Waals surface area contributed by atoms with Gasteiger partial charge in [0, 0.05) is 11.4 Å². The molecule has 0 aromatic carbocycles. The average molecular weight is 292 g/mol. The zero-order chi connectivity index (χ0) is 14.7. The predicted octanol–water partition coefficient (Wildman–Crippen LogP) is 4.44. The SMILES string of the molecule is CCCCCCC(Cl)CC(CC(C)O)N(CC)CC. The van der Waals surface area contributed by atoms with E-state index in [4.69, 9.17) is 11.6 Å². The summed E-state index contributed by atoms with van der Waals surface area (Å²) >= 11 is 6.49. The smallest absolute Gasteiger partial charge is 0.0527 e. The van der Waals surface area contributed by atoms with E-state index in [2.05, 4.69) is 25.7 Å². The second kappa shape index (κ2) is 12.0. The lowest BCUT2D eigenvalue weighted by Gasteiger charge is -2.32. The molecule has 0 saturated heterocycles. The second-order valence-corrected chi connectivity index (χ2v) is 6.26. The molecule has 0 aliphatic carbocycles. The van der Waals surface area contributed by atoms with Crippen LogP contribution in [0.15, 0.2) is 0 Å². The molecule has 3 atom stereocenters. The van der Waals surface area contributed by atoms with Crippen molar-refractivity contribution in [3.63, 3.8) is 0 Å². The van der Waals surface area contributed by atoms with Crippen LogP contribution in [0.4, 0.5) is 0 Å². The molecule has 0 heterocycles. The summed E-state index contributed by atoms with van der Waals surface area (Å²) in [6, 6.07) is 0.420. The number of rotatable bonds is 12. The van der Waals surface area contributed by atoms with Gasteiger partial charge in [0.1, 0.15) is 0 Å². The van der Waals surface area contributed by atoms with Crippen molar-refractivity contribution in [3.8, 4) is 0 Å². The van der Waals surface area contributed by atoms with E-state index in [1.54, 1.807) is 0 Å². The van der Waals surface area contributed by atoms with Crippen molar-refractivity contribution in [3.05, 3.63) is 0 Å². The number of alkyl halides is 1. The summed E-state index contributed by atoms with van der Waals surface area (Å²) in [4.78, 5) is 2.42. The van der Waals surface area contributed by atoms with Crippen molar-refractivity contribution in [2.45, 2.75) is 90.2 Å². The number of aliphatic hydroxyl groups is 1. The third-order valence-corrected chi connectivity index (χ3v) is 4.24. The van der Waals surface area contributed by atoms with Crippen molar-refractivity contribution in [1.82, 2.24) is 4.90 Å². The lowest BCUT2D eigenvalue weighted by Crippen LogP contribution is -2.38. The molecule has 0 saturated carbocycles. The van der Waals surface area contributed by atoms with Gasteiger partial charge in [0.2, 0.25) is 0 Å². The summed E-state index contributed by atoms with van der Waals surface area (Å²) in [5.41, 5.74) is 0. The molecule has 0 aromatic rings. The first-order valence-corrected chi connectivity index (χ1v) is 8.54. The van der Waals surface area contributed by atoms with Gasteiger partial charge >= 0.3 is 0 Å². The molecule has 19 heavy (non-hydrogen) atoms. The fourth-order valence-corrected chi connectivity index (χ4v) is 3.09. The normalized spacial score (nSPS) is 16.6. The van der Waals surface area contributed by atoms with Crippen LogP contribution >= 0.6 is 11.6 Å². The summed E-state index contributed by atoms with van der Waals surface area (Å²) in [5, 5.41) is 9.90. The zero-order valence-electron chi connectivity index (χ0n) is 13.4. The van der Waals surface area contributed by atoms with E-state index >= 15 is 0 Å². The molecule has 0 aliphatic heterocycles. The number of halogens is 1. The lowest BCUT2D eigenvalue weighted by atomic mass is 9.99. The summed E-state index contributed by atoms with van der Waals surface area (Å²) < 4.78 is 0. The van der Waals surface area contributed by atoms with Gasteiger partial charge in [-0.3, -0.25) is 0 Å². The van der Waals surface area contributed by atoms with Crippen LogP contribution in [-0.2, 0) is 0 Å². The highest BCUT2D eigenvalue weighted by atomic mass is 35.5. The largest absolute Gasteiger partial charge is 0.393 e. The zero-order valence-corrected chi connectivity index (χ0v) is 14.1. The lowest BCUT2D eigenvalue weighted by molar-refractivity contribution is 0.112. The van der Waals surface area contributed by atoms with Crippen molar-refractivity contribution in [2.24, 2.45) is 0 Å². The Morgan fingerprint density at radius 1 is 1.00 bits per heavy atom. The topological polar surface area (TPSA) is 23.5 Å². The Labute approximate surface area is 125 Å². The first-order chi connectivity index (χ1) is 9.04. The van der Waals surface area contributed by atoms with E-state index in [0.29, 0.717) is 6.04 Å². The summed E-state index contributed by atoms with van der Waals surface area (Å²) in [6.45, 7) is 10.5. The third-order valence-electron chi connectivity index (χ3n) is 3.84.